The number of carbonyl (C=O) groups excluding carboxylic acids is 1. The molecule has 2 N–H and O–H groups in total. The number of rotatable bonds is 5. The van der Waals surface area contributed by atoms with Crippen molar-refractivity contribution in [3.05, 3.63) is 87.6 Å². The van der Waals surface area contributed by atoms with Gasteiger partial charge in [0.05, 0.1) is 15.6 Å². The summed E-state index contributed by atoms with van der Waals surface area (Å²) in [6.45, 7) is 0.415. The minimum absolute atomic E-state index is 0.190. The van der Waals surface area contributed by atoms with Crippen LogP contribution >= 0.6 is 35.0 Å². The molecule has 4 nitrogen and oxygen atoms in total. The minimum atomic E-state index is -0.448. The molecule has 144 valence electrons. The van der Waals surface area contributed by atoms with Gasteiger partial charge in [0.15, 0.2) is 5.17 Å². The van der Waals surface area contributed by atoms with Gasteiger partial charge in [-0.3, -0.25) is 4.79 Å². The molecule has 0 saturated carbocycles. The van der Waals surface area contributed by atoms with E-state index in [2.05, 4.69) is 15.6 Å². The maximum atomic E-state index is 12.8. The first-order valence-corrected chi connectivity index (χ1v) is 10.6. The lowest BCUT2D eigenvalue weighted by atomic mass is 9.98. The minimum Gasteiger partial charge on any atom is -0.349 e. The van der Waals surface area contributed by atoms with E-state index in [1.807, 2.05) is 54.8 Å². The Kier molecular flexibility index (Phi) is 7.20. The second-order valence-electron chi connectivity index (χ2n) is 5.98. The molecule has 1 unspecified atom stereocenters. The number of benzene rings is 2. The van der Waals surface area contributed by atoms with Crippen molar-refractivity contribution < 1.29 is 4.79 Å². The molecular weight excluding hydrogens is 413 g/mol. The van der Waals surface area contributed by atoms with Gasteiger partial charge in [-0.15, -0.1) is 0 Å². The molecule has 0 aliphatic carbocycles. The average molecular weight is 432 g/mol. The number of thioether (sulfide) groups is 1. The molecule has 0 saturated heterocycles. The zero-order valence-corrected chi connectivity index (χ0v) is 17.5. The number of aliphatic imine (C=N–C) groups is 1. The Balaban J connectivity index is 1.72. The smallest absolute Gasteiger partial charge is 0.251 e. The topological polar surface area (TPSA) is 53.5 Å². The van der Waals surface area contributed by atoms with E-state index in [1.54, 1.807) is 18.3 Å². The fourth-order valence-electron chi connectivity index (χ4n) is 2.69. The summed E-state index contributed by atoms with van der Waals surface area (Å²) in [6.07, 6.45) is 7.50. The van der Waals surface area contributed by atoms with Crippen molar-refractivity contribution in [2.75, 3.05) is 12.8 Å². The molecule has 1 amide bonds. The highest BCUT2D eigenvalue weighted by Crippen LogP contribution is 2.33. The zero-order valence-electron chi connectivity index (χ0n) is 15.2. The van der Waals surface area contributed by atoms with Gasteiger partial charge < -0.3 is 10.6 Å². The van der Waals surface area contributed by atoms with E-state index in [0.29, 0.717) is 22.2 Å². The van der Waals surface area contributed by atoms with E-state index in [-0.39, 0.29) is 5.91 Å². The van der Waals surface area contributed by atoms with E-state index in [9.17, 15) is 4.79 Å². The summed E-state index contributed by atoms with van der Waals surface area (Å²) in [5.41, 5.74) is 2.41. The molecule has 0 spiro atoms. The van der Waals surface area contributed by atoms with Gasteiger partial charge in [0.25, 0.3) is 5.91 Å². The van der Waals surface area contributed by atoms with Crippen LogP contribution in [-0.2, 0) is 4.79 Å². The maximum Gasteiger partial charge on any atom is 0.251 e. The van der Waals surface area contributed by atoms with Gasteiger partial charge >= 0.3 is 0 Å². The first kappa shape index (κ1) is 20.5. The Hall–Kier alpha value is -2.21. The third-order valence-corrected chi connectivity index (χ3v) is 5.45. The lowest BCUT2D eigenvalue weighted by Crippen LogP contribution is -2.32. The first-order chi connectivity index (χ1) is 13.6. The van der Waals surface area contributed by atoms with Gasteiger partial charge in [-0.2, -0.15) is 0 Å². The fraction of sp³-hybridized carbons (Fsp3) is 0.143. The lowest BCUT2D eigenvalue weighted by molar-refractivity contribution is -0.117. The van der Waals surface area contributed by atoms with Crippen LogP contribution in [-0.4, -0.2) is 23.9 Å². The normalized spacial score (nSPS) is 16.3. The Morgan fingerprint density at radius 2 is 2.00 bits per heavy atom. The highest BCUT2D eigenvalue weighted by atomic mass is 35.5. The van der Waals surface area contributed by atoms with Crippen molar-refractivity contribution in [1.29, 1.82) is 0 Å². The molecule has 0 radical (unpaired) electrons. The van der Waals surface area contributed by atoms with Gasteiger partial charge in [0, 0.05) is 12.7 Å². The second kappa shape index (κ2) is 9.82. The Morgan fingerprint density at radius 3 is 2.71 bits per heavy atom. The third-order valence-electron chi connectivity index (χ3n) is 4.10. The molecule has 0 bridgehead atoms. The van der Waals surface area contributed by atoms with Crippen LogP contribution in [0.15, 0.2) is 71.4 Å². The van der Waals surface area contributed by atoms with Gasteiger partial charge in [0.1, 0.15) is 6.04 Å². The Morgan fingerprint density at radius 1 is 1.21 bits per heavy atom. The van der Waals surface area contributed by atoms with Gasteiger partial charge in [-0.25, -0.2) is 4.99 Å². The predicted molar refractivity (Wildman–Crippen MR) is 120 cm³/mol. The summed E-state index contributed by atoms with van der Waals surface area (Å²) in [5.74, 6) is -0.190. The quantitative estimate of drug-likeness (QED) is 0.694. The fourth-order valence-corrected chi connectivity index (χ4v) is 3.39. The molecule has 0 aromatic heterocycles. The summed E-state index contributed by atoms with van der Waals surface area (Å²) < 4.78 is 0. The number of nitrogens with one attached hydrogen (secondary N) is 2. The Bertz CT molecular complexity index is 942. The molecule has 3 rings (SSSR count). The summed E-state index contributed by atoms with van der Waals surface area (Å²) >= 11 is 13.7. The largest absolute Gasteiger partial charge is 0.349 e. The van der Waals surface area contributed by atoms with Crippen molar-refractivity contribution in [3.8, 4) is 0 Å². The van der Waals surface area contributed by atoms with Crippen LogP contribution in [0.25, 0.3) is 6.08 Å². The molecular formula is C21H19Cl2N3OS. The van der Waals surface area contributed by atoms with Crippen molar-refractivity contribution in [2.24, 2.45) is 4.99 Å². The van der Waals surface area contributed by atoms with Gasteiger partial charge in [0.2, 0.25) is 0 Å². The zero-order chi connectivity index (χ0) is 19.9. The molecule has 0 fully saturated rings. The monoisotopic (exact) mass is 431 g/mol. The highest BCUT2D eigenvalue weighted by Gasteiger charge is 2.26. The van der Waals surface area contributed by atoms with Crippen LogP contribution in [0, 0.1) is 0 Å². The van der Waals surface area contributed by atoms with Crippen LogP contribution in [0.1, 0.15) is 17.2 Å². The summed E-state index contributed by atoms with van der Waals surface area (Å²) in [4.78, 5) is 17.4. The summed E-state index contributed by atoms with van der Waals surface area (Å²) in [7, 11) is 0. The van der Waals surface area contributed by atoms with Gasteiger partial charge in [-0.05, 0) is 29.5 Å². The summed E-state index contributed by atoms with van der Waals surface area (Å²) in [5, 5.41) is 7.60. The molecule has 2 aromatic rings. The van der Waals surface area contributed by atoms with E-state index >= 15 is 0 Å². The van der Waals surface area contributed by atoms with E-state index in [0.717, 1.165) is 16.3 Å². The number of amidine groups is 1. The molecule has 7 heteroatoms. The number of nitrogens with zero attached hydrogens (tertiary/aromatic N) is 1. The molecule has 2 aromatic carbocycles. The number of hydrogen-bond donors (Lipinski definition) is 2. The summed E-state index contributed by atoms with van der Waals surface area (Å²) in [6, 6.07) is 14.8. The predicted octanol–water partition coefficient (Wildman–Crippen LogP) is 5.07. The van der Waals surface area contributed by atoms with Crippen molar-refractivity contribution in [2.45, 2.75) is 6.04 Å². The molecule has 28 heavy (non-hydrogen) atoms. The van der Waals surface area contributed by atoms with Crippen LogP contribution in [0.2, 0.25) is 10.0 Å². The van der Waals surface area contributed by atoms with Crippen LogP contribution in [0.4, 0.5) is 0 Å². The first-order valence-electron chi connectivity index (χ1n) is 8.61. The number of carbonyl (C=O) groups is 1. The van der Waals surface area contributed by atoms with E-state index < -0.39 is 6.04 Å². The SMILES string of the molecule is CSC1=NC(c2ccc(Cl)c(Cl)c2)C(C(=O)NCC=Cc2ccccc2)=CN1. The lowest BCUT2D eigenvalue weighted by Gasteiger charge is -2.22. The van der Waals surface area contributed by atoms with Crippen molar-refractivity contribution >= 4 is 52.1 Å². The van der Waals surface area contributed by atoms with Crippen LogP contribution in [0.3, 0.4) is 0 Å². The third kappa shape index (κ3) is 5.19. The highest BCUT2D eigenvalue weighted by molar-refractivity contribution is 8.13. The maximum absolute atomic E-state index is 12.8. The standard InChI is InChI=1S/C21H19Cl2N3OS/c1-28-21-25-13-16(19(26-21)15-9-10-17(22)18(23)12-15)20(27)24-11-5-8-14-6-3-2-4-7-14/h2-10,12-13,19H,11H2,1H3,(H,24,27)(H,25,26). The van der Waals surface area contributed by atoms with Gasteiger partial charge in [-0.1, -0.05) is 83.5 Å². The second-order valence-corrected chi connectivity index (χ2v) is 7.59. The average Bonchev–Trinajstić information content (AvgIpc) is 2.73. The van der Waals surface area contributed by atoms with E-state index in [1.165, 1.54) is 11.8 Å². The number of halogens is 2. The van der Waals surface area contributed by atoms with E-state index in [4.69, 9.17) is 23.2 Å². The molecule has 1 heterocycles. The number of amides is 1. The van der Waals surface area contributed by atoms with Crippen LogP contribution in [0.5, 0.6) is 0 Å². The Labute approximate surface area is 178 Å². The van der Waals surface area contributed by atoms with Crippen molar-refractivity contribution in [3.63, 3.8) is 0 Å². The van der Waals surface area contributed by atoms with Crippen LogP contribution < -0.4 is 10.6 Å². The molecule has 1 aliphatic rings. The molecule has 1 atom stereocenters. The number of hydrogen-bond acceptors (Lipinski definition) is 4. The van der Waals surface area contributed by atoms with Crippen molar-refractivity contribution in [1.82, 2.24) is 10.6 Å². The molecule has 1 aliphatic heterocycles.